The van der Waals surface area contributed by atoms with E-state index in [1.165, 1.54) is 12.1 Å². The zero-order chi connectivity index (χ0) is 21.1. The number of fused-ring (bicyclic) bond motifs is 3. The fourth-order valence-electron chi connectivity index (χ4n) is 4.89. The Morgan fingerprint density at radius 3 is 2.77 bits per heavy atom. The van der Waals surface area contributed by atoms with E-state index >= 15 is 0 Å². The van der Waals surface area contributed by atoms with E-state index < -0.39 is 11.7 Å². The van der Waals surface area contributed by atoms with Gasteiger partial charge in [0.25, 0.3) is 0 Å². The lowest BCUT2D eigenvalue weighted by molar-refractivity contribution is -0.138. The number of rotatable bonds is 6. The molecule has 4 nitrogen and oxygen atoms in total. The van der Waals surface area contributed by atoms with Crippen LogP contribution in [0.2, 0.25) is 0 Å². The average Bonchev–Trinajstić information content (AvgIpc) is 2.75. The monoisotopic (exact) mass is 421 g/mol. The van der Waals surface area contributed by atoms with E-state index in [0.717, 1.165) is 38.0 Å². The van der Waals surface area contributed by atoms with Gasteiger partial charge in [0.1, 0.15) is 0 Å². The molecule has 1 aromatic rings. The Morgan fingerprint density at radius 1 is 1.17 bits per heavy atom. The smallest absolute Gasteiger partial charge is 0.381 e. The predicted molar refractivity (Wildman–Crippen MR) is 112 cm³/mol. The van der Waals surface area contributed by atoms with Crippen LogP contribution in [-0.4, -0.2) is 38.8 Å². The van der Waals surface area contributed by atoms with Crippen molar-refractivity contribution in [3.05, 3.63) is 53.6 Å². The molecule has 164 valence electrons. The lowest BCUT2D eigenvalue weighted by Crippen LogP contribution is -2.48. The molecule has 2 aliphatic heterocycles. The van der Waals surface area contributed by atoms with Crippen LogP contribution in [0.4, 0.5) is 18.9 Å². The largest absolute Gasteiger partial charge is 0.416 e. The van der Waals surface area contributed by atoms with Gasteiger partial charge in [-0.1, -0.05) is 24.3 Å². The molecule has 0 spiro atoms. The number of allylic oxidation sites excluding steroid dienone is 3. The predicted octanol–water partition coefficient (Wildman–Crippen LogP) is 4.28. The van der Waals surface area contributed by atoms with Crippen LogP contribution in [0.5, 0.6) is 0 Å². The quantitative estimate of drug-likeness (QED) is 0.600. The first-order valence-corrected chi connectivity index (χ1v) is 10.8. The maximum atomic E-state index is 13.4. The maximum absolute atomic E-state index is 13.4. The molecule has 2 heterocycles. The number of hydrogen-bond donors (Lipinski definition) is 3. The van der Waals surface area contributed by atoms with Crippen molar-refractivity contribution < 1.29 is 17.9 Å². The number of likely N-dealkylation sites (N-methyl/N-ethyl adjacent to an activating group) is 1. The van der Waals surface area contributed by atoms with E-state index in [9.17, 15) is 13.2 Å². The second-order valence-corrected chi connectivity index (χ2v) is 8.41. The van der Waals surface area contributed by atoms with Crippen molar-refractivity contribution in [2.24, 2.45) is 11.8 Å². The Hall–Kier alpha value is -1.83. The molecule has 0 aromatic heterocycles. The molecular formula is C23H30F3N3O. The normalized spacial score (nSPS) is 30.5. The number of halogens is 3. The van der Waals surface area contributed by atoms with Crippen molar-refractivity contribution in [3.8, 4) is 0 Å². The molecule has 0 bridgehead atoms. The summed E-state index contributed by atoms with van der Waals surface area (Å²) in [4.78, 5) is 0. The highest BCUT2D eigenvalue weighted by Crippen LogP contribution is 2.49. The molecular weight excluding hydrogens is 391 g/mol. The topological polar surface area (TPSA) is 45.3 Å². The van der Waals surface area contributed by atoms with Gasteiger partial charge in [0.15, 0.2) is 0 Å². The van der Waals surface area contributed by atoms with Gasteiger partial charge < -0.3 is 20.7 Å². The summed E-state index contributed by atoms with van der Waals surface area (Å²) in [6.45, 7) is 2.41. The lowest BCUT2D eigenvalue weighted by atomic mass is 9.73. The van der Waals surface area contributed by atoms with Gasteiger partial charge in [-0.25, -0.2) is 0 Å². The Labute approximate surface area is 175 Å². The van der Waals surface area contributed by atoms with Crippen LogP contribution in [0.3, 0.4) is 0 Å². The summed E-state index contributed by atoms with van der Waals surface area (Å²) in [7, 11) is 1.91. The summed E-state index contributed by atoms with van der Waals surface area (Å²) in [5, 5.41) is 10.0. The van der Waals surface area contributed by atoms with Crippen molar-refractivity contribution >= 4 is 5.69 Å². The second-order valence-electron chi connectivity index (χ2n) is 8.41. The van der Waals surface area contributed by atoms with Gasteiger partial charge in [0.2, 0.25) is 0 Å². The number of anilines is 1. The average molecular weight is 422 g/mol. The minimum Gasteiger partial charge on any atom is -0.381 e. The summed E-state index contributed by atoms with van der Waals surface area (Å²) in [6.07, 6.45) is 6.57. The number of ether oxygens (including phenoxy) is 1. The van der Waals surface area contributed by atoms with Gasteiger partial charge in [-0.05, 0) is 44.5 Å². The van der Waals surface area contributed by atoms with Gasteiger partial charge in [-0.2, -0.15) is 13.2 Å². The molecule has 5 atom stereocenters. The van der Waals surface area contributed by atoms with Crippen molar-refractivity contribution in [1.29, 1.82) is 0 Å². The third-order valence-electron chi connectivity index (χ3n) is 6.42. The van der Waals surface area contributed by atoms with Crippen LogP contribution >= 0.6 is 0 Å². The molecule has 7 heteroatoms. The van der Waals surface area contributed by atoms with Crippen LogP contribution in [0, 0.1) is 11.8 Å². The molecule has 1 unspecified atom stereocenters. The number of alkyl halides is 3. The Bertz CT molecular complexity index is 792. The van der Waals surface area contributed by atoms with Crippen LogP contribution in [0.15, 0.2) is 42.5 Å². The maximum Gasteiger partial charge on any atom is 0.416 e. The van der Waals surface area contributed by atoms with E-state index in [1.54, 1.807) is 6.07 Å². The van der Waals surface area contributed by atoms with Crippen molar-refractivity contribution in [1.82, 2.24) is 10.6 Å². The van der Waals surface area contributed by atoms with E-state index in [0.29, 0.717) is 18.0 Å². The number of nitrogens with one attached hydrogen (secondary N) is 3. The summed E-state index contributed by atoms with van der Waals surface area (Å²) in [5.41, 5.74) is 0.793. The Kier molecular flexibility index (Phi) is 6.51. The van der Waals surface area contributed by atoms with E-state index in [1.807, 2.05) is 13.1 Å². The minimum atomic E-state index is -4.36. The third-order valence-corrected chi connectivity index (χ3v) is 6.42. The first-order chi connectivity index (χ1) is 14.5. The van der Waals surface area contributed by atoms with E-state index in [-0.39, 0.29) is 24.2 Å². The second kappa shape index (κ2) is 9.12. The first-order valence-electron chi connectivity index (χ1n) is 10.8. The van der Waals surface area contributed by atoms with Crippen LogP contribution in [0.25, 0.3) is 0 Å². The fourth-order valence-corrected chi connectivity index (χ4v) is 4.89. The molecule has 4 rings (SSSR count). The SMILES string of the molecule is CNCCNC[C@H]1CC[C@@H]2[C@H](O1)c1cc(C(F)(F)F)ccc1N[C@H]2C1C=CC=CC1. The Morgan fingerprint density at radius 2 is 2.03 bits per heavy atom. The summed E-state index contributed by atoms with van der Waals surface area (Å²) in [6, 6.07) is 4.17. The van der Waals surface area contributed by atoms with Gasteiger partial charge in [-0.15, -0.1) is 0 Å². The van der Waals surface area contributed by atoms with E-state index in [4.69, 9.17) is 4.74 Å². The van der Waals surface area contributed by atoms with Gasteiger partial charge in [0, 0.05) is 48.8 Å². The standard InChI is InChI=1S/C23H30F3N3O/c1-27-11-12-28-14-17-8-9-18-21(15-5-3-2-4-6-15)29-20-10-7-16(23(24,25)26)13-19(20)22(18)30-17/h2-5,7,10,13,15,17-18,21-22,27-29H,6,8-9,11-12,14H2,1H3/t15?,17-,18+,21+,22+/m1/s1. The van der Waals surface area contributed by atoms with Gasteiger partial charge >= 0.3 is 6.18 Å². The molecule has 0 saturated carbocycles. The van der Waals surface area contributed by atoms with Crippen LogP contribution < -0.4 is 16.0 Å². The molecule has 1 fully saturated rings. The highest BCUT2D eigenvalue weighted by Gasteiger charge is 2.44. The molecule has 30 heavy (non-hydrogen) atoms. The van der Waals surface area contributed by atoms with Crippen molar-refractivity contribution in [3.63, 3.8) is 0 Å². The third kappa shape index (κ3) is 4.58. The number of benzene rings is 1. The molecule has 1 aromatic carbocycles. The van der Waals surface area contributed by atoms with Gasteiger partial charge in [0.05, 0.1) is 17.8 Å². The lowest BCUT2D eigenvalue weighted by Gasteiger charge is -2.47. The van der Waals surface area contributed by atoms with Crippen LogP contribution in [0.1, 0.15) is 36.5 Å². The highest BCUT2D eigenvalue weighted by atomic mass is 19.4. The Balaban J connectivity index is 1.59. The van der Waals surface area contributed by atoms with Gasteiger partial charge in [-0.3, -0.25) is 0 Å². The fraction of sp³-hybridized carbons (Fsp3) is 0.565. The molecule has 3 aliphatic rings. The molecule has 3 N–H and O–H groups in total. The molecule has 1 aliphatic carbocycles. The van der Waals surface area contributed by atoms with E-state index in [2.05, 4.69) is 34.2 Å². The summed E-state index contributed by atoms with van der Waals surface area (Å²) < 4.78 is 46.6. The molecule has 1 saturated heterocycles. The first kappa shape index (κ1) is 21.4. The zero-order valence-electron chi connectivity index (χ0n) is 17.2. The van der Waals surface area contributed by atoms with Crippen molar-refractivity contribution in [2.75, 3.05) is 32.0 Å². The summed E-state index contributed by atoms with van der Waals surface area (Å²) in [5.74, 6) is 0.461. The van der Waals surface area contributed by atoms with Crippen LogP contribution in [-0.2, 0) is 10.9 Å². The zero-order valence-corrected chi connectivity index (χ0v) is 17.2. The molecule has 0 amide bonds. The molecule has 0 radical (unpaired) electrons. The summed E-state index contributed by atoms with van der Waals surface area (Å²) >= 11 is 0. The van der Waals surface area contributed by atoms with Crippen molar-refractivity contribution in [2.45, 2.75) is 43.7 Å². The minimum absolute atomic E-state index is 0.00560. The number of hydrogen-bond acceptors (Lipinski definition) is 4. The highest BCUT2D eigenvalue weighted by molar-refractivity contribution is 5.58.